The highest BCUT2D eigenvalue weighted by Gasteiger charge is 2.43. The molecule has 2 fully saturated rings. The van der Waals surface area contributed by atoms with Gasteiger partial charge in [0.1, 0.15) is 66.2 Å². The third-order valence-corrected chi connectivity index (χ3v) is 14.8. The van der Waals surface area contributed by atoms with Crippen LogP contribution in [0.5, 0.6) is 5.75 Å². The zero-order valence-corrected chi connectivity index (χ0v) is 47.8. The zero-order valence-electron chi connectivity index (χ0n) is 47.8. The molecule has 0 bridgehead atoms. The average molecular weight is 1190 g/mol. The van der Waals surface area contributed by atoms with Crippen molar-refractivity contribution in [2.45, 2.75) is 164 Å². The molecule has 2 aliphatic rings. The average Bonchev–Trinajstić information content (AvgIpc) is 3.91. The van der Waals surface area contributed by atoms with Gasteiger partial charge in [-0.2, -0.15) is 0 Å². The highest BCUT2D eigenvalue weighted by molar-refractivity contribution is 5.99. The van der Waals surface area contributed by atoms with Crippen molar-refractivity contribution >= 4 is 59.1 Å². The van der Waals surface area contributed by atoms with Gasteiger partial charge in [0.2, 0.25) is 53.2 Å². The molecule has 27 heteroatoms. The van der Waals surface area contributed by atoms with Crippen molar-refractivity contribution in [1.82, 2.24) is 47.0 Å². The van der Waals surface area contributed by atoms with Crippen molar-refractivity contribution in [3.8, 4) is 5.75 Å². The third-order valence-electron chi connectivity index (χ3n) is 14.8. The Kier molecular flexibility index (Phi) is 26.2. The monoisotopic (exact) mass is 1190 g/mol. The Bertz CT molecular complexity index is 2760. The number of benzene rings is 3. The van der Waals surface area contributed by atoms with E-state index in [1.807, 2.05) is 0 Å². The number of nitrogens with one attached hydrogen (secondary N) is 7. The summed E-state index contributed by atoms with van der Waals surface area (Å²) in [4.78, 5) is 141. The summed E-state index contributed by atoms with van der Waals surface area (Å²) in [7, 11) is 0. The van der Waals surface area contributed by atoms with Crippen LogP contribution in [-0.2, 0) is 67.2 Å². The number of aliphatic hydroxyl groups excluding tert-OH is 4. The molecule has 3 aromatic carbocycles. The molecule has 0 aromatic heterocycles. The van der Waals surface area contributed by atoms with Gasteiger partial charge in [-0.3, -0.25) is 43.2 Å². The first-order chi connectivity index (χ1) is 40.4. The van der Waals surface area contributed by atoms with Gasteiger partial charge in [-0.25, -0.2) is 4.79 Å². The number of hydrogen-bond donors (Lipinski definition) is 15. The molecule has 85 heavy (non-hydrogen) atoms. The van der Waals surface area contributed by atoms with Gasteiger partial charge in [0.25, 0.3) is 0 Å². The van der Waals surface area contributed by atoms with Crippen LogP contribution in [-0.4, -0.2) is 205 Å². The molecule has 0 spiro atoms. The Morgan fingerprint density at radius 2 is 0.918 bits per heavy atom. The fraction of sp³-hybridized carbons (Fsp3) is 0.517. The lowest BCUT2D eigenvalue weighted by atomic mass is 10.0. The number of likely N-dealkylation sites (tertiary alicyclic amines) is 2. The van der Waals surface area contributed by atoms with E-state index in [2.05, 4.69) is 37.2 Å². The molecule has 3 aromatic rings. The summed E-state index contributed by atoms with van der Waals surface area (Å²) < 4.78 is 0. The minimum atomic E-state index is -1.86. The number of nitrogens with zero attached hydrogens (tertiary/aromatic N) is 2. The van der Waals surface area contributed by atoms with Crippen LogP contribution < -0.4 is 48.7 Å². The van der Waals surface area contributed by atoms with Gasteiger partial charge in [-0.05, 0) is 101 Å². The van der Waals surface area contributed by atoms with Crippen molar-refractivity contribution in [3.05, 3.63) is 102 Å². The molecule has 13 atom stereocenters. The quantitative estimate of drug-likeness (QED) is 0.0278. The standard InChI is InChI=1S/C58H81N11O16/c1-32(71)46(54(80)62-41(28-37-21-23-38(74)24-22-37)51(77)64-43(30-36-16-8-5-9-17-36)57(83)69-27-13-20-45(69)58(84)85)65-50(76)40(18-10-11-25-59)61-53(79)47(33(2)72)67-55(81)48(34(3)73)66-52(78)44-19-12-26-68(44)56(82)42(63-49(75)39(60)31-70)29-35-14-6-4-7-15-35/h4-9,14-17,21-24,32-34,39-48,70-74H,10-13,18-20,25-31,59-60H2,1-3H3,(H,61,79)(H,62,80)(H,63,75)(H,64,77)(H,65,76)(H,66,78)(H,67,81)(H,84,85). The molecule has 0 radical (unpaired) electrons. The molecular formula is C58H81N11O16. The first-order valence-corrected chi connectivity index (χ1v) is 28.4. The number of phenolic OH excluding ortho intramolecular Hbond substituents is 1. The fourth-order valence-electron chi connectivity index (χ4n) is 10.0. The number of hydrogen-bond acceptors (Lipinski definition) is 17. The number of carboxylic acids is 1. The molecular weight excluding hydrogens is 1110 g/mol. The smallest absolute Gasteiger partial charge is 0.326 e. The number of aliphatic carboxylic acids is 1. The highest BCUT2D eigenvalue weighted by atomic mass is 16.4. The lowest BCUT2D eigenvalue weighted by Crippen LogP contribution is -2.64. The number of phenols is 1. The van der Waals surface area contributed by atoms with E-state index < -0.39 is 144 Å². The number of aromatic hydroxyl groups is 1. The van der Waals surface area contributed by atoms with Crippen molar-refractivity contribution in [3.63, 3.8) is 0 Å². The number of aliphatic hydroxyl groups is 4. The van der Waals surface area contributed by atoms with E-state index in [1.165, 1.54) is 47.9 Å². The SMILES string of the molecule is CC(O)C(NC(=O)C(CCCCN)NC(=O)C(NC(=O)C(NC(=O)C1CCCN1C(=O)C(Cc1ccccc1)NC(=O)C(N)CO)C(C)O)C(C)O)C(=O)NC(Cc1ccc(O)cc1)C(=O)NC(Cc1ccccc1)C(=O)N1CCCC1C(=O)O. The lowest BCUT2D eigenvalue weighted by molar-refractivity contribution is -0.149. The van der Waals surface area contributed by atoms with E-state index >= 15 is 0 Å². The number of rotatable bonds is 31. The number of amides is 9. The number of unbranched alkanes of at least 4 members (excludes halogenated alkanes) is 1. The summed E-state index contributed by atoms with van der Waals surface area (Å²) in [6.07, 6.45) is -3.87. The highest BCUT2D eigenvalue weighted by Crippen LogP contribution is 2.23. The van der Waals surface area contributed by atoms with Crippen LogP contribution in [0.1, 0.15) is 82.4 Å². The van der Waals surface area contributed by atoms with Crippen molar-refractivity contribution in [2.24, 2.45) is 11.5 Å². The van der Waals surface area contributed by atoms with Gasteiger partial charge in [0.05, 0.1) is 24.9 Å². The predicted octanol–water partition coefficient (Wildman–Crippen LogP) is -3.53. The molecule has 0 saturated carbocycles. The van der Waals surface area contributed by atoms with Crippen LogP contribution in [0.15, 0.2) is 84.9 Å². The predicted molar refractivity (Wildman–Crippen MR) is 306 cm³/mol. The Hall–Kier alpha value is -8.08. The van der Waals surface area contributed by atoms with Gasteiger partial charge in [0.15, 0.2) is 0 Å². The summed E-state index contributed by atoms with van der Waals surface area (Å²) in [5.41, 5.74) is 13.2. The van der Waals surface area contributed by atoms with Crippen LogP contribution in [0.2, 0.25) is 0 Å². The Balaban J connectivity index is 1.32. The number of carbonyl (C=O) groups excluding carboxylic acids is 9. The molecule has 0 aliphatic carbocycles. The first kappa shape index (κ1) is 67.7. The first-order valence-electron chi connectivity index (χ1n) is 28.4. The van der Waals surface area contributed by atoms with Gasteiger partial charge >= 0.3 is 5.97 Å². The maximum atomic E-state index is 14.4. The summed E-state index contributed by atoms with van der Waals surface area (Å²) in [5, 5.41) is 79.6. The molecule has 5 rings (SSSR count). The van der Waals surface area contributed by atoms with E-state index in [4.69, 9.17) is 11.5 Å². The summed E-state index contributed by atoms with van der Waals surface area (Å²) >= 11 is 0. The largest absolute Gasteiger partial charge is 0.508 e. The second-order valence-corrected chi connectivity index (χ2v) is 21.5. The lowest BCUT2D eigenvalue weighted by Gasteiger charge is -2.31. The molecule has 13 unspecified atom stereocenters. The molecule has 27 nitrogen and oxygen atoms in total. The minimum absolute atomic E-state index is 0.00679. The summed E-state index contributed by atoms with van der Waals surface area (Å²) in [6.45, 7) is 3.12. The van der Waals surface area contributed by atoms with Crippen LogP contribution >= 0.6 is 0 Å². The van der Waals surface area contributed by atoms with Crippen molar-refractivity contribution in [2.75, 3.05) is 26.2 Å². The molecule has 2 aliphatic heterocycles. The Morgan fingerprint density at radius 1 is 0.518 bits per heavy atom. The van der Waals surface area contributed by atoms with E-state index in [9.17, 15) is 78.6 Å². The molecule has 2 saturated heterocycles. The number of nitrogens with two attached hydrogens (primary N) is 2. The van der Waals surface area contributed by atoms with Crippen LogP contribution in [0.3, 0.4) is 0 Å². The van der Waals surface area contributed by atoms with E-state index in [1.54, 1.807) is 60.7 Å². The van der Waals surface area contributed by atoms with E-state index in [0.717, 1.165) is 6.92 Å². The molecule has 17 N–H and O–H groups in total. The van der Waals surface area contributed by atoms with Crippen molar-refractivity contribution < 1.29 is 78.6 Å². The van der Waals surface area contributed by atoms with Crippen LogP contribution in [0.4, 0.5) is 0 Å². The van der Waals surface area contributed by atoms with Gasteiger partial charge < -0.3 is 89.1 Å². The third kappa shape index (κ3) is 19.8. The second-order valence-electron chi connectivity index (χ2n) is 21.5. The van der Waals surface area contributed by atoms with Crippen molar-refractivity contribution in [1.29, 1.82) is 0 Å². The molecule has 9 amide bonds. The number of carboxylic acid groups (broad SMARTS) is 1. The normalized spacial score (nSPS) is 18.7. The van der Waals surface area contributed by atoms with Gasteiger partial charge in [-0.1, -0.05) is 72.8 Å². The summed E-state index contributed by atoms with van der Waals surface area (Å²) in [5.74, 6) is -9.71. The van der Waals surface area contributed by atoms with Crippen LogP contribution in [0, 0.1) is 0 Å². The van der Waals surface area contributed by atoms with Gasteiger partial charge in [-0.15, -0.1) is 0 Å². The maximum Gasteiger partial charge on any atom is 0.326 e. The maximum absolute atomic E-state index is 14.4. The zero-order chi connectivity index (χ0) is 62.5. The Labute approximate surface area is 492 Å². The number of carbonyl (C=O) groups is 10. The topological polar surface area (TPSA) is 435 Å². The van der Waals surface area contributed by atoms with E-state index in [0.29, 0.717) is 36.0 Å². The fourth-order valence-corrected chi connectivity index (χ4v) is 10.0. The van der Waals surface area contributed by atoms with Crippen LogP contribution in [0.25, 0.3) is 0 Å². The van der Waals surface area contributed by atoms with Gasteiger partial charge in [0, 0.05) is 32.4 Å². The molecule has 464 valence electrons. The minimum Gasteiger partial charge on any atom is -0.508 e. The Morgan fingerprint density at radius 3 is 1.40 bits per heavy atom. The summed E-state index contributed by atoms with van der Waals surface area (Å²) in [6, 6.07) is 8.11. The molecule has 2 heterocycles. The van der Waals surface area contributed by atoms with E-state index in [-0.39, 0.29) is 70.3 Å². The second kappa shape index (κ2) is 32.8.